The number of anilines is 1. The molecule has 2 aromatic rings. The quantitative estimate of drug-likeness (QED) is 0.813. The fourth-order valence-electron chi connectivity index (χ4n) is 1.65. The lowest BCUT2D eigenvalue weighted by Gasteiger charge is -2.10. The minimum Gasteiger partial charge on any atom is -0.495 e. The highest BCUT2D eigenvalue weighted by Gasteiger charge is 2.16. The van der Waals surface area contributed by atoms with Crippen molar-refractivity contribution in [3.05, 3.63) is 56.7 Å². The van der Waals surface area contributed by atoms with Crippen LogP contribution in [0.15, 0.2) is 45.3 Å². The average molecular weight is 403 g/mol. The minimum atomic E-state index is -0.582. The zero-order chi connectivity index (χ0) is 14.7. The van der Waals surface area contributed by atoms with Crippen LogP contribution in [0.2, 0.25) is 0 Å². The van der Waals surface area contributed by atoms with Crippen molar-refractivity contribution in [2.45, 2.75) is 0 Å². The number of carbonyl (C=O) groups excluding carboxylic acids is 1. The molecular formula is C14H10Br2FNO2. The molecule has 0 saturated carbocycles. The Kier molecular flexibility index (Phi) is 4.77. The molecule has 6 heteroatoms. The van der Waals surface area contributed by atoms with Gasteiger partial charge in [-0.25, -0.2) is 4.39 Å². The summed E-state index contributed by atoms with van der Waals surface area (Å²) in [5.74, 6) is -0.532. The molecule has 0 aromatic heterocycles. The maximum atomic E-state index is 13.7. The third-order valence-corrected chi connectivity index (χ3v) is 3.91. The number of hydrogen-bond donors (Lipinski definition) is 1. The molecule has 0 aliphatic carbocycles. The molecule has 1 amide bonds. The maximum absolute atomic E-state index is 13.7. The topological polar surface area (TPSA) is 38.3 Å². The van der Waals surface area contributed by atoms with Gasteiger partial charge < -0.3 is 10.1 Å². The van der Waals surface area contributed by atoms with Gasteiger partial charge in [-0.05, 0) is 56.1 Å². The zero-order valence-electron chi connectivity index (χ0n) is 10.4. The van der Waals surface area contributed by atoms with Crippen LogP contribution in [0.25, 0.3) is 0 Å². The Hall–Kier alpha value is -1.40. The number of benzene rings is 2. The Labute approximate surface area is 132 Å². The molecule has 0 unspecified atom stereocenters. The first-order chi connectivity index (χ1) is 9.52. The molecular weight excluding hydrogens is 393 g/mol. The van der Waals surface area contributed by atoms with Crippen LogP contribution in [0.1, 0.15) is 10.4 Å². The van der Waals surface area contributed by atoms with Gasteiger partial charge in [-0.2, -0.15) is 0 Å². The molecule has 0 fully saturated rings. The molecule has 0 bridgehead atoms. The minimum absolute atomic E-state index is 0.0330. The summed E-state index contributed by atoms with van der Waals surface area (Å²) in [4.78, 5) is 12.1. The van der Waals surface area contributed by atoms with E-state index in [0.29, 0.717) is 15.9 Å². The van der Waals surface area contributed by atoms with Crippen LogP contribution in [-0.4, -0.2) is 13.0 Å². The van der Waals surface area contributed by atoms with Gasteiger partial charge in [0.2, 0.25) is 0 Å². The third kappa shape index (κ3) is 3.19. The third-order valence-electron chi connectivity index (χ3n) is 2.60. The highest BCUT2D eigenvalue weighted by Crippen LogP contribution is 2.28. The standard InChI is InChI=1S/C14H10Br2FNO2/c1-20-12-7-8(5-6-9(12)15)18-14(19)13-10(16)3-2-4-11(13)17/h2-7H,1H3,(H,18,19). The second kappa shape index (κ2) is 6.37. The molecule has 104 valence electrons. The van der Waals surface area contributed by atoms with Crippen LogP contribution >= 0.6 is 31.9 Å². The number of carbonyl (C=O) groups is 1. The van der Waals surface area contributed by atoms with E-state index in [2.05, 4.69) is 37.2 Å². The summed E-state index contributed by atoms with van der Waals surface area (Å²) in [6.07, 6.45) is 0. The van der Waals surface area contributed by atoms with Gasteiger partial charge in [0, 0.05) is 16.2 Å². The van der Waals surface area contributed by atoms with Crippen LogP contribution in [-0.2, 0) is 0 Å². The van der Waals surface area contributed by atoms with Crippen molar-refractivity contribution in [1.82, 2.24) is 0 Å². The fourth-order valence-corrected chi connectivity index (χ4v) is 2.58. The summed E-state index contributed by atoms with van der Waals surface area (Å²) in [6, 6.07) is 9.46. The van der Waals surface area contributed by atoms with E-state index in [1.54, 1.807) is 24.3 Å². The van der Waals surface area contributed by atoms with Gasteiger partial charge in [0.15, 0.2) is 0 Å². The van der Waals surface area contributed by atoms with E-state index < -0.39 is 11.7 Å². The fraction of sp³-hybridized carbons (Fsp3) is 0.0714. The summed E-state index contributed by atoms with van der Waals surface area (Å²) >= 11 is 6.49. The second-order valence-electron chi connectivity index (χ2n) is 3.90. The predicted molar refractivity (Wildman–Crippen MR) is 82.7 cm³/mol. The first kappa shape index (κ1) is 15.0. The summed E-state index contributed by atoms with van der Waals surface area (Å²) in [5, 5.41) is 2.63. The van der Waals surface area contributed by atoms with E-state index in [0.717, 1.165) is 4.47 Å². The van der Waals surface area contributed by atoms with Crippen LogP contribution in [0, 0.1) is 5.82 Å². The van der Waals surface area contributed by atoms with Crippen molar-refractivity contribution in [1.29, 1.82) is 0 Å². The average Bonchev–Trinajstić information content (AvgIpc) is 2.40. The Morgan fingerprint density at radius 1 is 1.20 bits per heavy atom. The second-order valence-corrected chi connectivity index (χ2v) is 5.61. The molecule has 2 rings (SSSR count). The highest BCUT2D eigenvalue weighted by molar-refractivity contribution is 9.10. The molecule has 0 radical (unpaired) electrons. The van der Waals surface area contributed by atoms with Gasteiger partial charge in [-0.15, -0.1) is 0 Å². The first-order valence-electron chi connectivity index (χ1n) is 5.62. The van der Waals surface area contributed by atoms with Gasteiger partial charge >= 0.3 is 0 Å². The van der Waals surface area contributed by atoms with Crippen LogP contribution < -0.4 is 10.1 Å². The lowest BCUT2D eigenvalue weighted by atomic mass is 10.2. The van der Waals surface area contributed by atoms with Gasteiger partial charge in [-0.3, -0.25) is 4.79 Å². The molecule has 2 aromatic carbocycles. The van der Waals surface area contributed by atoms with Gasteiger partial charge in [0.25, 0.3) is 5.91 Å². The normalized spacial score (nSPS) is 10.2. The molecule has 20 heavy (non-hydrogen) atoms. The van der Waals surface area contributed by atoms with E-state index >= 15 is 0 Å². The predicted octanol–water partition coefficient (Wildman–Crippen LogP) is 4.61. The summed E-state index contributed by atoms with van der Waals surface area (Å²) in [7, 11) is 1.53. The maximum Gasteiger partial charge on any atom is 0.259 e. The number of methoxy groups -OCH3 is 1. The van der Waals surface area contributed by atoms with E-state index in [9.17, 15) is 9.18 Å². The Morgan fingerprint density at radius 2 is 1.95 bits per heavy atom. The largest absolute Gasteiger partial charge is 0.495 e. The van der Waals surface area contributed by atoms with E-state index in [4.69, 9.17) is 4.74 Å². The van der Waals surface area contributed by atoms with Crippen molar-refractivity contribution >= 4 is 43.5 Å². The van der Waals surface area contributed by atoms with Crippen molar-refractivity contribution < 1.29 is 13.9 Å². The molecule has 0 heterocycles. The number of ether oxygens (including phenoxy) is 1. The summed E-state index contributed by atoms with van der Waals surface area (Å²) < 4.78 is 20.0. The molecule has 0 saturated heterocycles. The van der Waals surface area contributed by atoms with Crippen LogP contribution in [0.3, 0.4) is 0 Å². The molecule has 0 spiro atoms. The lowest BCUT2D eigenvalue weighted by molar-refractivity contribution is 0.102. The van der Waals surface area contributed by atoms with E-state index in [1.165, 1.54) is 19.2 Å². The lowest BCUT2D eigenvalue weighted by Crippen LogP contribution is -2.14. The number of hydrogen-bond acceptors (Lipinski definition) is 2. The summed E-state index contributed by atoms with van der Waals surface area (Å²) in [6.45, 7) is 0. The number of rotatable bonds is 3. The monoisotopic (exact) mass is 401 g/mol. The molecule has 1 N–H and O–H groups in total. The van der Waals surface area contributed by atoms with Crippen LogP contribution in [0.5, 0.6) is 5.75 Å². The van der Waals surface area contributed by atoms with Crippen LogP contribution in [0.4, 0.5) is 10.1 Å². The van der Waals surface area contributed by atoms with E-state index in [1.807, 2.05) is 0 Å². The summed E-state index contributed by atoms with van der Waals surface area (Å²) in [5.41, 5.74) is 0.486. The molecule has 0 aliphatic rings. The number of amides is 1. The van der Waals surface area contributed by atoms with Gasteiger partial charge in [-0.1, -0.05) is 6.07 Å². The Bertz CT molecular complexity index is 641. The van der Waals surface area contributed by atoms with Gasteiger partial charge in [0.05, 0.1) is 17.1 Å². The first-order valence-corrected chi connectivity index (χ1v) is 7.20. The van der Waals surface area contributed by atoms with E-state index in [-0.39, 0.29) is 5.56 Å². The van der Waals surface area contributed by atoms with Crippen molar-refractivity contribution in [2.24, 2.45) is 0 Å². The Balaban J connectivity index is 2.28. The van der Waals surface area contributed by atoms with Crippen molar-refractivity contribution in [2.75, 3.05) is 12.4 Å². The zero-order valence-corrected chi connectivity index (χ0v) is 13.6. The molecule has 3 nitrogen and oxygen atoms in total. The van der Waals surface area contributed by atoms with Crippen molar-refractivity contribution in [3.8, 4) is 5.75 Å². The Morgan fingerprint density at radius 3 is 2.60 bits per heavy atom. The molecule has 0 atom stereocenters. The molecule has 0 aliphatic heterocycles. The smallest absolute Gasteiger partial charge is 0.259 e. The van der Waals surface area contributed by atoms with Gasteiger partial charge in [0.1, 0.15) is 11.6 Å². The SMILES string of the molecule is COc1cc(NC(=O)c2c(F)cccc2Br)ccc1Br. The number of halogens is 3. The highest BCUT2D eigenvalue weighted by atomic mass is 79.9. The van der Waals surface area contributed by atoms with Crippen molar-refractivity contribution in [3.63, 3.8) is 0 Å². The number of nitrogens with one attached hydrogen (secondary N) is 1.